The van der Waals surface area contributed by atoms with E-state index in [2.05, 4.69) is 122 Å². The van der Waals surface area contributed by atoms with Crippen LogP contribution in [0.4, 0.5) is 0 Å². The van der Waals surface area contributed by atoms with Gasteiger partial charge in [0.25, 0.3) is 0 Å². The summed E-state index contributed by atoms with van der Waals surface area (Å²) in [5.41, 5.74) is 0. The van der Waals surface area contributed by atoms with Crippen molar-refractivity contribution < 1.29 is 89.4 Å². The standard InChI is InChI=1S/C80H137NO18/c1-3-5-7-9-11-13-15-17-19-21-23-25-27-29-30-31-32-34-36-38-40-42-44-46-48-50-52-54-56-58-68(86)81-63(64(85)57-55-53-51-49-47-45-43-41-39-37-35-33-28-26-24-22-20-18-16-14-12-10-8-6-4-2)62-94-78-74(92)71(89)76(66(60-83)96-78)99-80-75(93)72(90)77(67(61-84)97-80)98-79-73(91)70(88)69(87)65(59-82)95-79/h5,7,11,13,17,19,23,25,29-30,32,34,38,40,44,46,50,52,63-67,69-80,82-85,87-93H,3-4,6,8-10,12,14-16,18,20-22,24,26-28,31,33,35-37,39,41-43,45,47-49,51,53-62H2,1-2H3,(H,81,86)/b7-5-,13-11-,19-17-,25-23-,30-29-,34-32-,40-38-,46-44-,52-50-. The molecular formula is C80H137NO18. The van der Waals surface area contributed by atoms with Gasteiger partial charge in [-0.15, -0.1) is 0 Å². The average Bonchev–Trinajstić information content (AvgIpc) is 0.785. The Labute approximate surface area is 595 Å². The van der Waals surface area contributed by atoms with Crippen LogP contribution < -0.4 is 5.32 Å². The van der Waals surface area contributed by atoms with E-state index in [1.54, 1.807) is 0 Å². The number of hydrogen-bond donors (Lipinski definition) is 12. The predicted molar refractivity (Wildman–Crippen MR) is 392 cm³/mol. The highest BCUT2D eigenvalue weighted by Crippen LogP contribution is 2.33. The molecule has 19 nitrogen and oxygen atoms in total. The molecule has 3 aliphatic rings. The maximum absolute atomic E-state index is 13.5. The average molecular weight is 1400 g/mol. The van der Waals surface area contributed by atoms with Crippen molar-refractivity contribution in [2.45, 2.75) is 362 Å². The quantitative estimate of drug-likeness (QED) is 0.0199. The smallest absolute Gasteiger partial charge is 0.220 e. The van der Waals surface area contributed by atoms with Crippen molar-refractivity contribution in [1.82, 2.24) is 5.32 Å². The van der Waals surface area contributed by atoms with Crippen LogP contribution in [0.3, 0.4) is 0 Å². The van der Waals surface area contributed by atoms with E-state index < -0.39 is 124 Å². The van der Waals surface area contributed by atoms with Gasteiger partial charge in [-0.1, -0.05) is 284 Å². The first-order valence-electron chi connectivity index (χ1n) is 38.6. The van der Waals surface area contributed by atoms with E-state index in [0.29, 0.717) is 25.7 Å². The number of ether oxygens (including phenoxy) is 6. The fourth-order valence-corrected chi connectivity index (χ4v) is 12.4. The summed E-state index contributed by atoms with van der Waals surface area (Å²) in [7, 11) is 0. The number of nitrogens with one attached hydrogen (secondary N) is 1. The Hall–Kier alpha value is -3.55. The molecule has 0 aromatic rings. The van der Waals surface area contributed by atoms with Gasteiger partial charge in [-0.05, 0) is 77.0 Å². The highest BCUT2D eigenvalue weighted by molar-refractivity contribution is 5.76. The number of allylic oxidation sites excluding steroid dienone is 18. The molecule has 0 aliphatic carbocycles. The Kier molecular flexibility index (Phi) is 54.2. The Bertz CT molecular complexity index is 2220. The molecule has 0 saturated carbocycles. The van der Waals surface area contributed by atoms with E-state index in [0.717, 1.165) is 77.0 Å². The third kappa shape index (κ3) is 40.3. The molecule has 3 heterocycles. The third-order valence-electron chi connectivity index (χ3n) is 18.6. The Morgan fingerprint density at radius 2 is 0.687 bits per heavy atom. The molecule has 17 unspecified atom stereocenters. The lowest BCUT2D eigenvalue weighted by molar-refractivity contribution is -0.379. The van der Waals surface area contributed by atoms with E-state index in [4.69, 9.17) is 28.4 Å². The second-order valence-corrected chi connectivity index (χ2v) is 27.1. The van der Waals surface area contributed by atoms with Gasteiger partial charge in [0.05, 0.1) is 38.6 Å². The zero-order valence-corrected chi connectivity index (χ0v) is 60.7. The van der Waals surface area contributed by atoms with Crippen molar-refractivity contribution in [2.24, 2.45) is 0 Å². The van der Waals surface area contributed by atoms with Crippen LogP contribution in [0.15, 0.2) is 109 Å². The van der Waals surface area contributed by atoms with Gasteiger partial charge in [0, 0.05) is 6.42 Å². The molecule has 12 N–H and O–H groups in total. The predicted octanol–water partition coefficient (Wildman–Crippen LogP) is 12.2. The molecular weight excluding hydrogens is 1260 g/mol. The normalized spacial score (nSPS) is 27.2. The molecule has 570 valence electrons. The highest BCUT2D eigenvalue weighted by atomic mass is 16.8. The van der Waals surface area contributed by atoms with Crippen LogP contribution in [0.1, 0.15) is 258 Å². The second kappa shape index (κ2) is 59.8. The number of carbonyl (C=O) groups excluding carboxylic acids is 1. The Morgan fingerprint density at radius 3 is 1.05 bits per heavy atom. The number of hydrogen-bond acceptors (Lipinski definition) is 18. The van der Waals surface area contributed by atoms with Gasteiger partial charge in [-0.25, -0.2) is 0 Å². The summed E-state index contributed by atoms with van der Waals surface area (Å²) >= 11 is 0. The summed E-state index contributed by atoms with van der Waals surface area (Å²) in [6.07, 6.45) is 54.6. The van der Waals surface area contributed by atoms with Crippen molar-refractivity contribution in [3.05, 3.63) is 109 Å². The molecule has 3 aliphatic heterocycles. The number of rotatable bonds is 59. The van der Waals surface area contributed by atoms with E-state index in [1.807, 2.05) is 6.08 Å². The summed E-state index contributed by atoms with van der Waals surface area (Å²) in [4.78, 5) is 13.5. The van der Waals surface area contributed by atoms with E-state index >= 15 is 0 Å². The second-order valence-electron chi connectivity index (χ2n) is 27.1. The van der Waals surface area contributed by atoms with Crippen LogP contribution in [-0.4, -0.2) is 193 Å². The van der Waals surface area contributed by atoms with Crippen LogP contribution in [0.2, 0.25) is 0 Å². The number of unbranched alkanes of at least 4 members (excludes halogenated alkanes) is 25. The van der Waals surface area contributed by atoms with Crippen LogP contribution in [0.25, 0.3) is 0 Å². The first-order valence-corrected chi connectivity index (χ1v) is 38.6. The Morgan fingerprint density at radius 1 is 0.374 bits per heavy atom. The fourth-order valence-electron chi connectivity index (χ4n) is 12.4. The van der Waals surface area contributed by atoms with Gasteiger partial charge in [-0.3, -0.25) is 4.79 Å². The molecule has 0 radical (unpaired) electrons. The molecule has 0 spiro atoms. The van der Waals surface area contributed by atoms with E-state index in [1.165, 1.54) is 135 Å². The van der Waals surface area contributed by atoms with E-state index in [-0.39, 0.29) is 18.9 Å². The molecule has 17 atom stereocenters. The summed E-state index contributed by atoms with van der Waals surface area (Å²) in [6, 6.07) is -0.928. The first-order chi connectivity index (χ1) is 48.3. The summed E-state index contributed by atoms with van der Waals surface area (Å²) in [5, 5.41) is 121. The van der Waals surface area contributed by atoms with Gasteiger partial charge in [0.2, 0.25) is 5.91 Å². The third-order valence-corrected chi connectivity index (χ3v) is 18.6. The van der Waals surface area contributed by atoms with Gasteiger partial charge in [0.1, 0.15) is 73.2 Å². The highest BCUT2D eigenvalue weighted by Gasteiger charge is 2.53. The minimum atomic E-state index is -1.98. The molecule has 0 aromatic carbocycles. The van der Waals surface area contributed by atoms with Crippen LogP contribution in [-0.2, 0) is 33.2 Å². The van der Waals surface area contributed by atoms with Crippen molar-refractivity contribution in [2.75, 3.05) is 26.4 Å². The van der Waals surface area contributed by atoms with E-state index in [9.17, 15) is 61.0 Å². The maximum Gasteiger partial charge on any atom is 0.220 e. The first kappa shape index (κ1) is 89.7. The maximum atomic E-state index is 13.5. The van der Waals surface area contributed by atoms with Crippen molar-refractivity contribution >= 4 is 5.91 Å². The molecule has 3 saturated heterocycles. The molecule has 99 heavy (non-hydrogen) atoms. The van der Waals surface area contributed by atoms with Gasteiger partial charge >= 0.3 is 0 Å². The number of amides is 1. The molecule has 0 aromatic heterocycles. The lowest BCUT2D eigenvalue weighted by atomic mass is 9.96. The summed E-state index contributed by atoms with van der Waals surface area (Å²) in [6.45, 7) is 1.66. The Balaban J connectivity index is 1.42. The summed E-state index contributed by atoms with van der Waals surface area (Å²) < 4.78 is 34.5. The number of aliphatic hydroxyl groups is 11. The van der Waals surface area contributed by atoms with Gasteiger partial charge < -0.3 is 89.9 Å². The van der Waals surface area contributed by atoms with Gasteiger partial charge in [-0.2, -0.15) is 0 Å². The molecule has 3 rings (SSSR count). The largest absolute Gasteiger partial charge is 0.394 e. The topological polar surface area (TPSA) is 307 Å². The van der Waals surface area contributed by atoms with Crippen molar-refractivity contribution in [1.29, 1.82) is 0 Å². The lowest BCUT2D eigenvalue weighted by Gasteiger charge is -2.48. The SMILES string of the molecule is CC/C=C\C/C=C\C/C=C\C/C=C\C/C=C\C/C=C\C/C=C\C/C=C\C/C=C\CCCC(=O)NC(COC1OC(CO)C(OC2OC(CO)C(OC3OC(CO)C(O)C(O)C3O)C(O)C2O)C(O)C1O)C(O)CCCCCCCCCCCCCCCCCCCCCCCCCCC. The van der Waals surface area contributed by atoms with Gasteiger partial charge in [0.15, 0.2) is 18.9 Å². The number of carbonyl (C=O) groups is 1. The fraction of sp³-hybridized carbons (Fsp3) is 0.762. The van der Waals surface area contributed by atoms with Crippen LogP contribution in [0, 0.1) is 0 Å². The van der Waals surface area contributed by atoms with Crippen molar-refractivity contribution in [3.8, 4) is 0 Å². The minimum Gasteiger partial charge on any atom is -0.394 e. The zero-order chi connectivity index (χ0) is 71.8. The monoisotopic (exact) mass is 1400 g/mol. The van der Waals surface area contributed by atoms with Crippen LogP contribution >= 0.6 is 0 Å². The summed E-state index contributed by atoms with van der Waals surface area (Å²) in [5.74, 6) is -0.302. The van der Waals surface area contributed by atoms with Crippen LogP contribution in [0.5, 0.6) is 0 Å². The van der Waals surface area contributed by atoms with Crippen molar-refractivity contribution in [3.63, 3.8) is 0 Å². The number of aliphatic hydroxyl groups excluding tert-OH is 11. The molecule has 3 fully saturated rings. The molecule has 19 heteroatoms. The minimum absolute atomic E-state index is 0.179. The lowest BCUT2D eigenvalue weighted by Crippen LogP contribution is -2.66. The zero-order valence-electron chi connectivity index (χ0n) is 60.7. The molecule has 0 bridgehead atoms. The molecule has 1 amide bonds.